The molecule has 9 heavy (non-hydrogen) atoms. The molecular formula is C5H5BO2S. The van der Waals surface area contributed by atoms with Crippen molar-refractivity contribution in [2.24, 2.45) is 0 Å². The second-order valence-corrected chi connectivity index (χ2v) is 2.70. The van der Waals surface area contributed by atoms with Crippen LogP contribution in [0.25, 0.3) is 0 Å². The van der Waals surface area contributed by atoms with Gasteiger partial charge in [0, 0.05) is 0 Å². The Morgan fingerprint density at radius 3 is 2.67 bits per heavy atom. The van der Waals surface area contributed by atoms with E-state index >= 15 is 0 Å². The molecule has 1 rings (SSSR count). The Bertz CT molecular complexity index is 231. The summed E-state index contributed by atoms with van der Waals surface area (Å²) in [6, 6.07) is 1.66. The highest BCUT2D eigenvalue weighted by molar-refractivity contribution is 7.12. The first kappa shape index (κ1) is 6.36. The second-order valence-electron chi connectivity index (χ2n) is 1.79. The molecule has 1 aromatic rings. The lowest BCUT2D eigenvalue weighted by molar-refractivity contribution is 0.0702. The van der Waals surface area contributed by atoms with Crippen LogP contribution < -0.4 is 5.46 Å². The van der Waals surface area contributed by atoms with E-state index in [-0.39, 0.29) is 0 Å². The molecule has 0 amide bonds. The van der Waals surface area contributed by atoms with Gasteiger partial charge in [0.1, 0.15) is 12.7 Å². The third kappa shape index (κ3) is 1.32. The fourth-order valence-electron chi connectivity index (χ4n) is 0.543. The Hall–Kier alpha value is -0.765. The van der Waals surface area contributed by atoms with E-state index in [1.807, 2.05) is 13.2 Å². The number of rotatable bonds is 1. The van der Waals surface area contributed by atoms with Crippen molar-refractivity contribution in [1.29, 1.82) is 0 Å². The molecule has 0 bridgehead atoms. The van der Waals surface area contributed by atoms with E-state index in [1.54, 1.807) is 6.07 Å². The van der Waals surface area contributed by atoms with Crippen LogP contribution in [0.1, 0.15) is 9.67 Å². The van der Waals surface area contributed by atoms with Crippen LogP contribution >= 0.6 is 11.3 Å². The summed E-state index contributed by atoms with van der Waals surface area (Å²) in [6.07, 6.45) is 0. The Labute approximate surface area is 57.5 Å². The van der Waals surface area contributed by atoms with Gasteiger partial charge in [-0.15, -0.1) is 11.3 Å². The van der Waals surface area contributed by atoms with Crippen LogP contribution in [0.3, 0.4) is 0 Å². The molecule has 1 heterocycles. The highest BCUT2D eigenvalue weighted by Crippen LogP contribution is 2.04. The lowest BCUT2D eigenvalue weighted by atomic mass is 10.0. The van der Waals surface area contributed by atoms with Crippen LogP contribution in [-0.4, -0.2) is 18.9 Å². The van der Waals surface area contributed by atoms with E-state index < -0.39 is 5.97 Å². The SMILES string of the molecule is Bc1csc(C(=O)O)c1. The predicted octanol–water partition coefficient (Wildman–Crippen LogP) is -0.295. The molecule has 0 aliphatic carbocycles. The summed E-state index contributed by atoms with van der Waals surface area (Å²) in [6.45, 7) is 0. The zero-order chi connectivity index (χ0) is 6.85. The van der Waals surface area contributed by atoms with Crippen LogP contribution in [0.2, 0.25) is 0 Å². The van der Waals surface area contributed by atoms with Gasteiger partial charge in [-0.3, -0.25) is 0 Å². The Balaban J connectivity index is 2.98. The summed E-state index contributed by atoms with van der Waals surface area (Å²) in [7, 11) is 1.88. The molecular weight excluding hydrogens is 135 g/mol. The lowest BCUT2D eigenvalue weighted by Gasteiger charge is -1.79. The third-order valence-corrected chi connectivity index (χ3v) is 1.98. The molecule has 0 saturated carbocycles. The maximum Gasteiger partial charge on any atom is 0.345 e. The summed E-state index contributed by atoms with van der Waals surface area (Å²) in [5.74, 6) is -0.840. The van der Waals surface area contributed by atoms with Gasteiger partial charge in [-0.25, -0.2) is 4.79 Å². The number of thiophene rings is 1. The minimum atomic E-state index is -0.840. The molecule has 0 atom stereocenters. The van der Waals surface area contributed by atoms with Gasteiger partial charge in [0.25, 0.3) is 0 Å². The van der Waals surface area contributed by atoms with E-state index in [2.05, 4.69) is 0 Å². The number of carboxylic acid groups (broad SMARTS) is 1. The van der Waals surface area contributed by atoms with Crippen LogP contribution in [0.4, 0.5) is 0 Å². The van der Waals surface area contributed by atoms with E-state index in [1.165, 1.54) is 11.3 Å². The largest absolute Gasteiger partial charge is 0.477 e. The van der Waals surface area contributed by atoms with Crippen molar-refractivity contribution in [1.82, 2.24) is 0 Å². The second kappa shape index (κ2) is 2.23. The van der Waals surface area contributed by atoms with Crippen molar-refractivity contribution in [2.45, 2.75) is 0 Å². The van der Waals surface area contributed by atoms with Gasteiger partial charge < -0.3 is 5.11 Å². The molecule has 0 radical (unpaired) electrons. The molecule has 0 unspecified atom stereocenters. The monoisotopic (exact) mass is 140 g/mol. The summed E-state index contributed by atoms with van der Waals surface area (Å²) < 4.78 is 0. The fourth-order valence-corrected chi connectivity index (χ4v) is 1.28. The van der Waals surface area contributed by atoms with Gasteiger partial charge in [0.05, 0.1) is 0 Å². The maximum atomic E-state index is 10.2. The first-order valence-electron chi connectivity index (χ1n) is 2.48. The molecule has 0 fully saturated rings. The highest BCUT2D eigenvalue weighted by atomic mass is 32.1. The van der Waals surface area contributed by atoms with Gasteiger partial charge in [-0.2, -0.15) is 0 Å². The van der Waals surface area contributed by atoms with Crippen molar-refractivity contribution < 1.29 is 9.90 Å². The molecule has 1 aromatic heterocycles. The van der Waals surface area contributed by atoms with Gasteiger partial charge >= 0.3 is 5.97 Å². The molecule has 46 valence electrons. The fraction of sp³-hybridized carbons (Fsp3) is 0. The first-order chi connectivity index (χ1) is 4.20. The number of hydrogen-bond donors (Lipinski definition) is 1. The first-order valence-corrected chi connectivity index (χ1v) is 3.36. The average Bonchev–Trinajstić information content (AvgIpc) is 2.14. The molecule has 0 aromatic carbocycles. The zero-order valence-electron chi connectivity index (χ0n) is 4.92. The summed E-state index contributed by atoms with van der Waals surface area (Å²) in [5.41, 5.74) is 1.01. The summed E-state index contributed by atoms with van der Waals surface area (Å²) in [4.78, 5) is 10.6. The molecule has 4 heteroatoms. The average molecular weight is 140 g/mol. The normalized spacial score (nSPS) is 9.33. The van der Waals surface area contributed by atoms with Crippen LogP contribution in [0, 0.1) is 0 Å². The molecule has 2 nitrogen and oxygen atoms in total. The Kier molecular flexibility index (Phi) is 1.57. The minimum absolute atomic E-state index is 0.410. The van der Waals surface area contributed by atoms with Crippen molar-refractivity contribution in [3.8, 4) is 0 Å². The Morgan fingerprint density at radius 1 is 1.78 bits per heavy atom. The van der Waals surface area contributed by atoms with Gasteiger partial charge in [-0.1, -0.05) is 5.46 Å². The predicted molar refractivity (Wildman–Crippen MR) is 39.5 cm³/mol. The lowest BCUT2D eigenvalue weighted by Crippen LogP contribution is -1.97. The number of carboxylic acids is 1. The zero-order valence-corrected chi connectivity index (χ0v) is 5.73. The van der Waals surface area contributed by atoms with E-state index in [4.69, 9.17) is 5.11 Å². The maximum absolute atomic E-state index is 10.2. The number of aromatic carboxylic acids is 1. The van der Waals surface area contributed by atoms with Crippen LogP contribution in [0.15, 0.2) is 11.4 Å². The smallest absolute Gasteiger partial charge is 0.345 e. The van der Waals surface area contributed by atoms with E-state index in [0.29, 0.717) is 4.88 Å². The van der Waals surface area contributed by atoms with Gasteiger partial charge in [-0.05, 0) is 11.4 Å². The van der Waals surface area contributed by atoms with E-state index in [0.717, 1.165) is 5.46 Å². The van der Waals surface area contributed by atoms with Gasteiger partial charge in [0.2, 0.25) is 0 Å². The van der Waals surface area contributed by atoms with Crippen molar-refractivity contribution in [3.05, 3.63) is 16.3 Å². The third-order valence-electron chi connectivity index (χ3n) is 0.941. The van der Waals surface area contributed by atoms with Crippen LogP contribution in [0.5, 0.6) is 0 Å². The van der Waals surface area contributed by atoms with Gasteiger partial charge in [0.15, 0.2) is 0 Å². The van der Waals surface area contributed by atoms with E-state index in [9.17, 15) is 4.79 Å². The Morgan fingerprint density at radius 2 is 2.44 bits per heavy atom. The molecule has 0 aliphatic rings. The number of carbonyl (C=O) groups is 1. The number of hydrogen-bond acceptors (Lipinski definition) is 2. The molecule has 0 spiro atoms. The topological polar surface area (TPSA) is 37.3 Å². The van der Waals surface area contributed by atoms with Crippen molar-refractivity contribution >= 4 is 30.6 Å². The van der Waals surface area contributed by atoms with Crippen molar-refractivity contribution in [2.75, 3.05) is 0 Å². The highest BCUT2D eigenvalue weighted by Gasteiger charge is 2.02. The quantitative estimate of drug-likeness (QED) is 0.544. The summed E-state index contributed by atoms with van der Waals surface area (Å²) >= 11 is 1.26. The van der Waals surface area contributed by atoms with Crippen molar-refractivity contribution in [3.63, 3.8) is 0 Å². The van der Waals surface area contributed by atoms with Crippen LogP contribution in [-0.2, 0) is 0 Å². The molecule has 0 aliphatic heterocycles. The standard InChI is InChI=1S/C5H5BO2S/c6-3-1-4(5(7)8)9-2-3/h1-2H,6H2,(H,7,8). The molecule has 0 saturated heterocycles. The molecule has 1 N–H and O–H groups in total. The summed E-state index contributed by atoms with van der Waals surface area (Å²) in [5, 5.41) is 10.2. The minimum Gasteiger partial charge on any atom is -0.477 e.